The van der Waals surface area contributed by atoms with Crippen molar-refractivity contribution in [3.63, 3.8) is 0 Å². The maximum atomic E-state index is 13.7. The van der Waals surface area contributed by atoms with Crippen LogP contribution < -0.4 is 10.5 Å². The number of aryl methyl sites for hydroxylation is 1. The van der Waals surface area contributed by atoms with Crippen LogP contribution in [-0.2, 0) is 10.0 Å². The number of anilines is 1. The minimum Gasteiger partial charge on any atom is -0.465 e. The summed E-state index contributed by atoms with van der Waals surface area (Å²) in [5.41, 5.74) is 5.56. The van der Waals surface area contributed by atoms with Crippen LogP contribution in [0.3, 0.4) is 0 Å². The lowest BCUT2D eigenvalue weighted by molar-refractivity contribution is 0.440. The van der Waals surface area contributed by atoms with Gasteiger partial charge in [0.2, 0.25) is 10.0 Å². The zero-order valence-corrected chi connectivity index (χ0v) is 11.9. The summed E-state index contributed by atoms with van der Waals surface area (Å²) in [5, 5.41) is 0. The van der Waals surface area contributed by atoms with Crippen molar-refractivity contribution in [3.8, 4) is 0 Å². The highest BCUT2D eigenvalue weighted by atomic mass is 32.2. The molecule has 0 bridgehead atoms. The van der Waals surface area contributed by atoms with Crippen molar-refractivity contribution >= 4 is 15.7 Å². The number of hydrogen-bond acceptors (Lipinski definition) is 4. The third-order valence-electron chi connectivity index (χ3n) is 2.77. The molecule has 1 aromatic heterocycles. The number of nitrogen functional groups attached to an aromatic ring is 1. The first-order valence-corrected chi connectivity index (χ1v) is 7.41. The Balaban J connectivity index is 2.27. The topological polar surface area (TPSA) is 85.3 Å². The molecule has 0 radical (unpaired) electrons. The lowest BCUT2D eigenvalue weighted by Crippen LogP contribution is -2.27. The molecule has 0 aliphatic heterocycles. The highest BCUT2D eigenvalue weighted by Gasteiger charge is 2.23. The van der Waals surface area contributed by atoms with Crippen molar-refractivity contribution in [1.29, 1.82) is 0 Å². The Labute approximate surface area is 116 Å². The van der Waals surface area contributed by atoms with Crippen LogP contribution >= 0.6 is 0 Å². The molecule has 5 nitrogen and oxygen atoms in total. The predicted molar refractivity (Wildman–Crippen MR) is 73.0 cm³/mol. The van der Waals surface area contributed by atoms with E-state index in [1.165, 1.54) is 6.07 Å². The molecule has 1 atom stereocenters. The molecular formula is C13H15FN2O3S. The van der Waals surface area contributed by atoms with Crippen LogP contribution in [0.15, 0.2) is 39.6 Å². The van der Waals surface area contributed by atoms with E-state index in [0.717, 1.165) is 12.1 Å². The first kappa shape index (κ1) is 14.5. The predicted octanol–water partition coefficient (Wildman–Crippen LogP) is 2.35. The summed E-state index contributed by atoms with van der Waals surface area (Å²) in [6, 6.07) is 6.22. The molecule has 0 fully saturated rings. The van der Waals surface area contributed by atoms with Crippen molar-refractivity contribution in [1.82, 2.24) is 4.72 Å². The number of rotatable bonds is 4. The van der Waals surface area contributed by atoms with Gasteiger partial charge in [-0.15, -0.1) is 0 Å². The largest absolute Gasteiger partial charge is 0.465 e. The van der Waals surface area contributed by atoms with Gasteiger partial charge in [0, 0.05) is 5.69 Å². The Morgan fingerprint density at radius 1 is 1.30 bits per heavy atom. The highest BCUT2D eigenvalue weighted by molar-refractivity contribution is 7.89. The molecule has 0 saturated heterocycles. The second-order valence-corrected chi connectivity index (χ2v) is 6.16. The van der Waals surface area contributed by atoms with Crippen molar-refractivity contribution in [2.75, 3.05) is 5.73 Å². The Hall–Kier alpha value is -1.86. The average Bonchev–Trinajstić information content (AvgIpc) is 2.74. The lowest BCUT2D eigenvalue weighted by atomic mass is 10.3. The van der Waals surface area contributed by atoms with Crippen LogP contribution in [-0.4, -0.2) is 8.42 Å². The van der Waals surface area contributed by atoms with Gasteiger partial charge in [-0.2, -0.15) is 0 Å². The number of sulfonamides is 1. The zero-order chi connectivity index (χ0) is 14.9. The molecule has 1 heterocycles. The monoisotopic (exact) mass is 298 g/mol. The molecular weight excluding hydrogens is 283 g/mol. The zero-order valence-electron chi connectivity index (χ0n) is 11.1. The SMILES string of the molecule is Cc1ccc(C(C)NS(=O)(=O)c2ccc(N)cc2F)o1. The van der Waals surface area contributed by atoms with Gasteiger partial charge in [0.1, 0.15) is 22.2 Å². The van der Waals surface area contributed by atoms with E-state index in [4.69, 9.17) is 10.2 Å². The van der Waals surface area contributed by atoms with Crippen molar-refractivity contribution in [2.24, 2.45) is 0 Å². The van der Waals surface area contributed by atoms with Crippen LogP contribution in [0.25, 0.3) is 0 Å². The molecule has 2 aromatic rings. The van der Waals surface area contributed by atoms with E-state index in [9.17, 15) is 12.8 Å². The van der Waals surface area contributed by atoms with E-state index in [1.54, 1.807) is 26.0 Å². The summed E-state index contributed by atoms with van der Waals surface area (Å²) in [7, 11) is -3.99. The van der Waals surface area contributed by atoms with Crippen molar-refractivity contribution < 1.29 is 17.2 Å². The Morgan fingerprint density at radius 3 is 2.55 bits per heavy atom. The second kappa shape index (κ2) is 5.26. The third kappa shape index (κ3) is 3.00. The van der Waals surface area contributed by atoms with Gasteiger partial charge in [-0.1, -0.05) is 0 Å². The van der Waals surface area contributed by atoms with Gasteiger partial charge in [0.05, 0.1) is 6.04 Å². The molecule has 3 N–H and O–H groups in total. The third-order valence-corrected chi connectivity index (χ3v) is 4.34. The molecule has 0 amide bonds. The van der Waals surface area contributed by atoms with Gasteiger partial charge in [0.15, 0.2) is 0 Å². The quantitative estimate of drug-likeness (QED) is 0.848. The Kier molecular flexibility index (Phi) is 3.82. The maximum Gasteiger partial charge on any atom is 0.244 e. The average molecular weight is 298 g/mol. The summed E-state index contributed by atoms with van der Waals surface area (Å²) in [6.07, 6.45) is 0. The number of nitrogens with one attached hydrogen (secondary N) is 1. The van der Waals surface area contributed by atoms with E-state index in [2.05, 4.69) is 4.72 Å². The van der Waals surface area contributed by atoms with Gasteiger partial charge >= 0.3 is 0 Å². The standard InChI is InChI=1S/C13H15FN2O3S/c1-8-3-5-12(19-8)9(2)16-20(17,18)13-6-4-10(15)7-11(13)14/h3-7,9,16H,15H2,1-2H3. The molecule has 108 valence electrons. The molecule has 1 unspecified atom stereocenters. The van der Waals surface area contributed by atoms with Crippen LogP contribution in [0.4, 0.5) is 10.1 Å². The summed E-state index contributed by atoms with van der Waals surface area (Å²) >= 11 is 0. The van der Waals surface area contributed by atoms with Crippen molar-refractivity contribution in [3.05, 3.63) is 47.7 Å². The summed E-state index contributed by atoms with van der Waals surface area (Å²) in [4.78, 5) is -0.443. The minimum absolute atomic E-state index is 0.163. The minimum atomic E-state index is -3.99. The number of benzene rings is 1. The molecule has 2 rings (SSSR count). The fraction of sp³-hybridized carbons (Fsp3) is 0.231. The van der Waals surface area contributed by atoms with Crippen LogP contribution in [0.2, 0.25) is 0 Å². The van der Waals surface area contributed by atoms with Gasteiger partial charge in [-0.05, 0) is 44.2 Å². The maximum absolute atomic E-state index is 13.7. The van der Waals surface area contributed by atoms with Gasteiger partial charge < -0.3 is 10.2 Å². The Bertz CT molecular complexity index is 725. The normalized spacial score (nSPS) is 13.3. The summed E-state index contributed by atoms with van der Waals surface area (Å²) < 4.78 is 45.6. The number of hydrogen-bond donors (Lipinski definition) is 2. The Morgan fingerprint density at radius 2 is 2.00 bits per heavy atom. The molecule has 20 heavy (non-hydrogen) atoms. The molecule has 0 aliphatic rings. The van der Waals surface area contributed by atoms with E-state index in [-0.39, 0.29) is 5.69 Å². The molecule has 1 aromatic carbocycles. The highest BCUT2D eigenvalue weighted by Crippen LogP contribution is 2.21. The summed E-state index contributed by atoms with van der Waals surface area (Å²) in [6.45, 7) is 3.37. The molecule has 0 aliphatic carbocycles. The van der Waals surface area contributed by atoms with Crippen LogP contribution in [0.5, 0.6) is 0 Å². The fourth-order valence-electron chi connectivity index (χ4n) is 1.78. The fourth-order valence-corrected chi connectivity index (χ4v) is 3.05. The first-order chi connectivity index (χ1) is 9.29. The van der Waals surface area contributed by atoms with E-state index < -0.39 is 26.8 Å². The van der Waals surface area contributed by atoms with E-state index >= 15 is 0 Å². The first-order valence-electron chi connectivity index (χ1n) is 5.93. The summed E-state index contributed by atoms with van der Waals surface area (Å²) in [5.74, 6) is 0.243. The van der Waals surface area contributed by atoms with Gasteiger partial charge in [-0.25, -0.2) is 17.5 Å². The number of furan rings is 1. The van der Waals surface area contributed by atoms with E-state index in [0.29, 0.717) is 11.5 Å². The second-order valence-electron chi connectivity index (χ2n) is 4.48. The molecule has 7 heteroatoms. The smallest absolute Gasteiger partial charge is 0.244 e. The van der Waals surface area contributed by atoms with Gasteiger partial charge in [0.25, 0.3) is 0 Å². The van der Waals surface area contributed by atoms with Crippen LogP contribution in [0.1, 0.15) is 24.5 Å². The van der Waals surface area contributed by atoms with E-state index in [1.807, 2.05) is 0 Å². The molecule has 0 spiro atoms. The lowest BCUT2D eigenvalue weighted by Gasteiger charge is -2.13. The number of nitrogens with two attached hydrogens (primary N) is 1. The number of halogens is 1. The van der Waals surface area contributed by atoms with Gasteiger partial charge in [-0.3, -0.25) is 0 Å². The molecule has 0 saturated carbocycles. The van der Waals surface area contributed by atoms with Crippen LogP contribution in [0, 0.1) is 12.7 Å². The van der Waals surface area contributed by atoms with Crippen molar-refractivity contribution in [2.45, 2.75) is 24.8 Å².